The van der Waals surface area contributed by atoms with E-state index in [1.807, 2.05) is 43.3 Å². The van der Waals surface area contributed by atoms with Gasteiger partial charge in [0.25, 0.3) is 5.91 Å². The van der Waals surface area contributed by atoms with E-state index in [1.165, 1.54) is 0 Å². The van der Waals surface area contributed by atoms with E-state index in [4.69, 9.17) is 4.74 Å². The topological polar surface area (TPSA) is 80.3 Å². The summed E-state index contributed by atoms with van der Waals surface area (Å²) in [6.07, 6.45) is 5.10. The molecule has 150 valence electrons. The lowest BCUT2D eigenvalue weighted by Gasteiger charge is -2.55. The van der Waals surface area contributed by atoms with Crippen LogP contribution in [0.15, 0.2) is 48.7 Å². The lowest BCUT2D eigenvalue weighted by atomic mass is 9.60. The number of aromatic nitrogens is 1. The minimum atomic E-state index is -0.683. The van der Waals surface area contributed by atoms with Gasteiger partial charge in [0.15, 0.2) is 5.72 Å². The first-order valence-electron chi connectivity index (χ1n) is 10.4. The van der Waals surface area contributed by atoms with E-state index in [-0.39, 0.29) is 35.6 Å². The minimum absolute atomic E-state index is 0.0526. The average molecular weight is 391 g/mol. The Morgan fingerprint density at radius 3 is 2.83 bits per heavy atom. The van der Waals surface area contributed by atoms with Crippen molar-refractivity contribution in [1.82, 2.24) is 15.6 Å². The largest absolute Gasteiger partial charge is 0.467 e. The van der Waals surface area contributed by atoms with Crippen LogP contribution in [-0.4, -0.2) is 22.5 Å². The van der Waals surface area contributed by atoms with Crippen molar-refractivity contribution in [2.24, 2.45) is 17.8 Å². The van der Waals surface area contributed by atoms with Crippen molar-refractivity contribution >= 4 is 11.8 Å². The van der Waals surface area contributed by atoms with Gasteiger partial charge in [-0.3, -0.25) is 14.6 Å². The number of nitrogens with zero attached hydrogens (tertiary/aromatic N) is 1. The lowest BCUT2D eigenvalue weighted by Crippen LogP contribution is -2.67. The number of nitrogens with one attached hydrogen (secondary N) is 2. The standard InChI is InChI=1S/C23H25N3O3/c1-14(19-7-4-5-11-24-19)25-21(27)18-12-16-10-9-15(18)13-23(16)26-22(28)17-6-2-3-8-20(17)29-23/h2-8,11,14-16,18H,9-10,12-13H2,1H3,(H,25,27)(H,26,28). The van der Waals surface area contributed by atoms with Crippen molar-refractivity contribution in [3.8, 4) is 5.75 Å². The van der Waals surface area contributed by atoms with Crippen LogP contribution in [0.25, 0.3) is 0 Å². The van der Waals surface area contributed by atoms with Crippen LogP contribution in [0.5, 0.6) is 5.75 Å². The first-order chi connectivity index (χ1) is 14.1. The number of hydrogen-bond acceptors (Lipinski definition) is 4. The monoisotopic (exact) mass is 391 g/mol. The van der Waals surface area contributed by atoms with Crippen LogP contribution < -0.4 is 15.4 Å². The summed E-state index contributed by atoms with van der Waals surface area (Å²) in [5, 5.41) is 6.28. The molecular formula is C23H25N3O3. The van der Waals surface area contributed by atoms with Crippen LogP contribution >= 0.6 is 0 Å². The minimum Gasteiger partial charge on any atom is -0.467 e. The normalized spacial score (nSPS) is 30.8. The molecule has 29 heavy (non-hydrogen) atoms. The molecular weight excluding hydrogens is 366 g/mol. The van der Waals surface area contributed by atoms with Gasteiger partial charge in [-0.1, -0.05) is 18.2 Å². The summed E-state index contributed by atoms with van der Waals surface area (Å²) >= 11 is 0. The molecule has 2 heterocycles. The highest BCUT2D eigenvalue weighted by Crippen LogP contribution is 2.52. The highest BCUT2D eigenvalue weighted by atomic mass is 16.5. The van der Waals surface area contributed by atoms with Crippen molar-refractivity contribution in [1.29, 1.82) is 0 Å². The van der Waals surface area contributed by atoms with Crippen LogP contribution in [-0.2, 0) is 4.79 Å². The molecule has 6 nitrogen and oxygen atoms in total. The molecule has 1 aromatic carbocycles. The number of benzene rings is 1. The predicted octanol–water partition coefficient (Wildman–Crippen LogP) is 3.21. The first-order valence-corrected chi connectivity index (χ1v) is 10.4. The Morgan fingerprint density at radius 1 is 1.24 bits per heavy atom. The van der Waals surface area contributed by atoms with Gasteiger partial charge in [0.1, 0.15) is 5.75 Å². The van der Waals surface area contributed by atoms with Gasteiger partial charge in [-0.25, -0.2) is 0 Å². The van der Waals surface area contributed by atoms with Crippen molar-refractivity contribution in [2.45, 2.75) is 44.4 Å². The summed E-state index contributed by atoms with van der Waals surface area (Å²) in [6.45, 7) is 1.96. The quantitative estimate of drug-likeness (QED) is 0.842. The molecule has 2 N–H and O–H groups in total. The van der Waals surface area contributed by atoms with Gasteiger partial charge in [-0.15, -0.1) is 0 Å². The fraction of sp³-hybridized carbons (Fsp3) is 0.435. The van der Waals surface area contributed by atoms with E-state index in [0.717, 1.165) is 25.0 Å². The fourth-order valence-corrected chi connectivity index (χ4v) is 5.31. The number of para-hydroxylation sites is 1. The summed E-state index contributed by atoms with van der Waals surface area (Å²) in [5.74, 6) is 0.920. The highest BCUT2D eigenvalue weighted by molar-refractivity contribution is 5.98. The second-order valence-corrected chi connectivity index (χ2v) is 8.51. The maximum Gasteiger partial charge on any atom is 0.258 e. The summed E-state index contributed by atoms with van der Waals surface area (Å²) < 4.78 is 6.37. The number of rotatable bonds is 3. The highest BCUT2D eigenvalue weighted by Gasteiger charge is 2.57. The molecule has 1 spiro atoms. The Morgan fingerprint density at radius 2 is 2.07 bits per heavy atom. The van der Waals surface area contributed by atoms with Gasteiger partial charge >= 0.3 is 0 Å². The van der Waals surface area contributed by atoms with Crippen LogP contribution in [0.3, 0.4) is 0 Å². The molecule has 5 unspecified atom stereocenters. The fourth-order valence-electron chi connectivity index (χ4n) is 5.31. The predicted molar refractivity (Wildman–Crippen MR) is 107 cm³/mol. The molecule has 2 amide bonds. The van der Waals surface area contributed by atoms with Crippen LogP contribution in [0.2, 0.25) is 0 Å². The number of hydrogen-bond donors (Lipinski definition) is 2. The van der Waals surface area contributed by atoms with Gasteiger partial charge < -0.3 is 15.4 Å². The number of carbonyl (C=O) groups is 2. The van der Waals surface area contributed by atoms with E-state index in [9.17, 15) is 9.59 Å². The molecule has 6 heteroatoms. The summed E-state index contributed by atoms with van der Waals surface area (Å²) in [7, 11) is 0. The molecule has 3 saturated carbocycles. The third kappa shape index (κ3) is 3.07. The van der Waals surface area contributed by atoms with Gasteiger partial charge in [0.05, 0.1) is 17.3 Å². The zero-order chi connectivity index (χ0) is 20.0. The Hall–Kier alpha value is -2.89. The second-order valence-electron chi connectivity index (χ2n) is 8.51. The number of fused-ring (bicyclic) bond motifs is 3. The van der Waals surface area contributed by atoms with Gasteiger partial charge in [0, 0.05) is 24.5 Å². The Labute approximate surface area is 170 Å². The summed E-state index contributed by atoms with van der Waals surface area (Å²) in [6, 6.07) is 13.0. The molecule has 2 aromatic rings. The maximum absolute atomic E-state index is 13.0. The molecule has 0 saturated heterocycles. The van der Waals surface area contributed by atoms with Crippen molar-refractivity contribution in [2.75, 3.05) is 0 Å². The van der Waals surface area contributed by atoms with Crippen molar-refractivity contribution in [3.63, 3.8) is 0 Å². The van der Waals surface area contributed by atoms with Crippen LogP contribution in [0.4, 0.5) is 0 Å². The smallest absolute Gasteiger partial charge is 0.258 e. The van der Waals surface area contributed by atoms with Crippen molar-refractivity contribution in [3.05, 3.63) is 59.9 Å². The number of amides is 2. The zero-order valence-electron chi connectivity index (χ0n) is 16.4. The third-order valence-electron chi connectivity index (χ3n) is 6.79. The summed E-state index contributed by atoms with van der Waals surface area (Å²) in [5.41, 5.74) is 0.758. The van der Waals surface area contributed by atoms with E-state index in [1.54, 1.807) is 12.3 Å². The molecule has 1 aromatic heterocycles. The Balaban J connectivity index is 1.32. The zero-order valence-corrected chi connectivity index (χ0v) is 16.4. The van der Waals surface area contributed by atoms with Gasteiger partial charge in [-0.05, 0) is 56.4 Å². The lowest BCUT2D eigenvalue weighted by molar-refractivity contribution is -0.147. The van der Waals surface area contributed by atoms with E-state index < -0.39 is 5.72 Å². The van der Waals surface area contributed by atoms with E-state index in [0.29, 0.717) is 17.7 Å². The van der Waals surface area contributed by atoms with Gasteiger partial charge in [-0.2, -0.15) is 0 Å². The number of pyridine rings is 1. The molecule has 6 rings (SSSR count). The molecule has 3 aliphatic carbocycles. The van der Waals surface area contributed by atoms with Crippen molar-refractivity contribution < 1.29 is 14.3 Å². The Bertz CT molecular complexity index is 947. The molecule has 2 bridgehead atoms. The number of ether oxygens (including phenoxy) is 1. The van der Waals surface area contributed by atoms with Crippen LogP contribution in [0, 0.1) is 17.8 Å². The first kappa shape index (κ1) is 18.2. The molecule has 3 fully saturated rings. The van der Waals surface area contributed by atoms with Crippen LogP contribution in [0.1, 0.15) is 54.7 Å². The van der Waals surface area contributed by atoms with E-state index >= 15 is 0 Å². The molecule has 0 radical (unpaired) electrons. The molecule has 4 aliphatic rings. The number of carbonyl (C=O) groups excluding carboxylic acids is 2. The summed E-state index contributed by atoms with van der Waals surface area (Å²) in [4.78, 5) is 30.1. The van der Waals surface area contributed by atoms with E-state index in [2.05, 4.69) is 15.6 Å². The Kier molecular flexibility index (Phi) is 4.30. The SMILES string of the molecule is CC(NC(=O)C1CC2CCC1CC21NC(=O)c2ccccc2O1)c1ccccn1. The second kappa shape index (κ2) is 6.87. The molecule has 5 atom stereocenters. The third-order valence-corrected chi connectivity index (χ3v) is 6.79. The van der Waals surface area contributed by atoms with Gasteiger partial charge in [0.2, 0.25) is 5.91 Å². The average Bonchev–Trinajstić information content (AvgIpc) is 2.74. The molecule has 1 aliphatic heterocycles. The maximum atomic E-state index is 13.0.